The molecule has 0 atom stereocenters. The number of halogens is 1. The lowest BCUT2D eigenvalue weighted by atomic mass is 10.0. The molecule has 2 aromatic rings. The summed E-state index contributed by atoms with van der Waals surface area (Å²) in [6.45, 7) is 8.49. The lowest BCUT2D eigenvalue weighted by Gasteiger charge is -2.11. The number of rotatable bonds is 8. The second kappa shape index (κ2) is 8.60. The Balaban J connectivity index is 2.13. The highest BCUT2D eigenvalue weighted by Gasteiger charge is 2.01. The van der Waals surface area contributed by atoms with Crippen LogP contribution in [-0.4, -0.2) is 0 Å². The molecule has 0 saturated carbocycles. The molecule has 0 amide bonds. The zero-order chi connectivity index (χ0) is 15.8. The van der Waals surface area contributed by atoms with E-state index in [-0.39, 0.29) is 0 Å². The maximum absolute atomic E-state index is 3.83. The highest BCUT2D eigenvalue weighted by Crippen LogP contribution is 2.17. The Hall–Kier alpha value is -1.80. The minimum Gasteiger partial charge on any atom is -0.381 e. The first-order valence-electron chi connectivity index (χ1n) is 7.47. The maximum atomic E-state index is 3.83. The lowest BCUT2D eigenvalue weighted by molar-refractivity contribution is 1.10. The Morgan fingerprint density at radius 3 is 2.09 bits per heavy atom. The zero-order valence-electron chi connectivity index (χ0n) is 12.8. The molecule has 2 aromatic carbocycles. The van der Waals surface area contributed by atoms with E-state index in [9.17, 15) is 0 Å². The molecule has 0 aromatic heterocycles. The van der Waals surface area contributed by atoms with Gasteiger partial charge in [-0.3, -0.25) is 0 Å². The van der Waals surface area contributed by atoms with Crippen molar-refractivity contribution in [1.82, 2.24) is 0 Å². The van der Waals surface area contributed by atoms with E-state index in [4.69, 9.17) is 0 Å². The minimum absolute atomic E-state index is 0.820. The summed E-state index contributed by atoms with van der Waals surface area (Å²) in [6.07, 6.45) is 5.70. The van der Waals surface area contributed by atoms with Crippen molar-refractivity contribution < 1.29 is 0 Å². The van der Waals surface area contributed by atoms with Gasteiger partial charge in [0.15, 0.2) is 0 Å². The van der Waals surface area contributed by atoms with Crippen LogP contribution in [0.5, 0.6) is 0 Å². The van der Waals surface area contributed by atoms with E-state index < -0.39 is 0 Å². The maximum Gasteiger partial charge on any atom is 0.0400 e. The molecule has 0 bridgehead atoms. The molecule has 1 N–H and O–H groups in total. The smallest absolute Gasteiger partial charge is 0.0400 e. The zero-order valence-corrected chi connectivity index (χ0v) is 14.4. The predicted molar refractivity (Wildman–Crippen MR) is 101 cm³/mol. The first-order chi connectivity index (χ1) is 10.7. The average molecular weight is 356 g/mol. The van der Waals surface area contributed by atoms with Crippen LogP contribution in [-0.2, 0) is 24.7 Å². The van der Waals surface area contributed by atoms with Crippen molar-refractivity contribution in [2.45, 2.75) is 24.7 Å². The highest BCUT2D eigenvalue weighted by atomic mass is 79.9. The summed E-state index contributed by atoms with van der Waals surface area (Å²) < 4.78 is 0. The second-order valence-electron chi connectivity index (χ2n) is 5.33. The quantitative estimate of drug-likeness (QED) is 0.476. The summed E-state index contributed by atoms with van der Waals surface area (Å²) in [7, 11) is 0. The van der Waals surface area contributed by atoms with Crippen LogP contribution in [0.15, 0.2) is 67.8 Å². The van der Waals surface area contributed by atoms with Gasteiger partial charge in [0.05, 0.1) is 0 Å². The van der Waals surface area contributed by atoms with Crippen molar-refractivity contribution in [2.75, 3.05) is 5.32 Å². The first-order valence-corrected chi connectivity index (χ1v) is 8.59. The molecule has 0 aliphatic heterocycles. The van der Waals surface area contributed by atoms with Crippen LogP contribution in [0.25, 0.3) is 0 Å². The normalized spacial score (nSPS) is 10.2. The highest BCUT2D eigenvalue weighted by molar-refractivity contribution is 9.08. The number of hydrogen-bond donors (Lipinski definition) is 1. The Labute approximate surface area is 141 Å². The summed E-state index contributed by atoms with van der Waals surface area (Å²) >= 11 is 3.49. The molecular formula is C20H22BrN. The summed E-state index contributed by atoms with van der Waals surface area (Å²) in [6, 6.07) is 15.2. The number of benzene rings is 2. The van der Waals surface area contributed by atoms with Crippen molar-refractivity contribution in [3.05, 3.63) is 90.0 Å². The first kappa shape index (κ1) is 16.6. The molecule has 2 heteroatoms. The van der Waals surface area contributed by atoms with Gasteiger partial charge in [-0.15, -0.1) is 13.2 Å². The van der Waals surface area contributed by atoms with Gasteiger partial charge in [0.2, 0.25) is 0 Å². The van der Waals surface area contributed by atoms with E-state index in [1.54, 1.807) is 0 Å². The van der Waals surface area contributed by atoms with E-state index in [0.29, 0.717) is 0 Å². The van der Waals surface area contributed by atoms with Gasteiger partial charge in [-0.05, 0) is 47.2 Å². The second-order valence-corrected chi connectivity index (χ2v) is 5.89. The van der Waals surface area contributed by atoms with Crippen molar-refractivity contribution in [2.24, 2.45) is 0 Å². The predicted octanol–water partition coefficient (Wildman–Crippen LogP) is 5.65. The molecule has 2 rings (SSSR count). The fourth-order valence-corrected chi connectivity index (χ4v) is 2.83. The van der Waals surface area contributed by atoms with Gasteiger partial charge in [-0.1, -0.05) is 58.4 Å². The van der Waals surface area contributed by atoms with Gasteiger partial charge in [0.25, 0.3) is 0 Å². The SMILES string of the molecule is C=CCc1cc(CC=C)cc(CNc2cccc(CBr)c2)c1. The number of nitrogens with one attached hydrogen (secondary N) is 1. The monoisotopic (exact) mass is 355 g/mol. The Kier molecular flexibility index (Phi) is 6.47. The van der Waals surface area contributed by atoms with Crippen LogP contribution in [0.4, 0.5) is 5.69 Å². The molecule has 1 nitrogen and oxygen atoms in total. The third kappa shape index (κ3) is 4.88. The third-order valence-electron chi connectivity index (χ3n) is 3.45. The number of alkyl halides is 1. The molecular weight excluding hydrogens is 334 g/mol. The van der Waals surface area contributed by atoms with Gasteiger partial charge >= 0.3 is 0 Å². The van der Waals surface area contributed by atoms with Crippen LogP contribution in [0.3, 0.4) is 0 Å². The summed E-state index contributed by atoms with van der Waals surface area (Å²) in [5.74, 6) is 0. The van der Waals surface area contributed by atoms with Gasteiger partial charge < -0.3 is 5.32 Å². The fraction of sp³-hybridized carbons (Fsp3) is 0.200. The van der Waals surface area contributed by atoms with E-state index >= 15 is 0 Å². The van der Waals surface area contributed by atoms with Crippen molar-refractivity contribution in [3.63, 3.8) is 0 Å². The van der Waals surface area contributed by atoms with Crippen LogP contribution < -0.4 is 5.32 Å². The van der Waals surface area contributed by atoms with Gasteiger partial charge in [-0.25, -0.2) is 0 Å². The Morgan fingerprint density at radius 1 is 0.864 bits per heavy atom. The number of anilines is 1. The van der Waals surface area contributed by atoms with Crippen molar-refractivity contribution in [1.29, 1.82) is 0 Å². The van der Waals surface area contributed by atoms with E-state index in [1.807, 2.05) is 12.2 Å². The topological polar surface area (TPSA) is 12.0 Å². The molecule has 0 aliphatic rings. The molecule has 22 heavy (non-hydrogen) atoms. The standard InChI is InChI=1S/C20H22BrN/c1-3-6-16-10-17(7-4-2)12-19(11-16)15-22-20-9-5-8-18(13-20)14-21/h3-5,8-13,22H,1-2,6-7,14-15H2. The van der Waals surface area contributed by atoms with E-state index in [1.165, 1.54) is 22.3 Å². The van der Waals surface area contributed by atoms with Crippen molar-refractivity contribution in [3.8, 4) is 0 Å². The molecule has 0 unspecified atom stereocenters. The molecule has 0 heterocycles. The number of allylic oxidation sites excluding steroid dienone is 2. The van der Waals surface area contributed by atoms with E-state index in [2.05, 4.69) is 76.9 Å². The molecule has 0 aliphatic carbocycles. The van der Waals surface area contributed by atoms with Crippen LogP contribution in [0.1, 0.15) is 22.3 Å². The molecule has 0 saturated heterocycles. The average Bonchev–Trinajstić information content (AvgIpc) is 2.54. The minimum atomic E-state index is 0.820. The molecule has 114 valence electrons. The van der Waals surface area contributed by atoms with Crippen LogP contribution in [0.2, 0.25) is 0 Å². The Bertz CT molecular complexity index is 618. The summed E-state index contributed by atoms with van der Waals surface area (Å²) in [4.78, 5) is 0. The largest absolute Gasteiger partial charge is 0.381 e. The van der Waals surface area contributed by atoms with Crippen molar-refractivity contribution >= 4 is 21.6 Å². The molecule has 0 radical (unpaired) electrons. The third-order valence-corrected chi connectivity index (χ3v) is 4.10. The van der Waals surface area contributed by atoms with Gasteiger partial charge in [-0.2, -0.15) is 0 Å². The van der Waals surface area contributed by atoms with Crippen LogP contribution in [0, 0.1) is 0 Å². The lowest BCUT2D eigenvalue weighted by Crippen LogP contribution is -2.01. The molecule has 0 fully saturated rings. The van der Waals surface area contributed by atoms with Gasteiger partial charge in [0, 0.05) is 17.6 Å². The van der Waals surface area contributed by atoms with Gasteiger partial charge in [0.1, 0.15) is 0 Å². The number of hydrogen-bond acceptors (Lipinski definition) is 1. The summed E-state index contributed by atoms with van der Waals surface area (Å²) in [5, 5.41) is 4.38. The van der Waals surface area contributed by atoms with Crippen LogP contribution >= 0.6 is 15.9 Å². The summed E-state index contributed by atoms with van der Waals surface area (Å²) in [5.41, 5.74) is 6.33. The van der Waals surface area contributed by atoms with E-state index in [0.717, 1.165) is 30.4 Å². The Morgan fingerprint density at radius 2 is 1.50 bits per heavy atom. The molecule has 0 spiro atoms. The fourth-order valence-electron chi connectivity index (χ4n) is 2.48.